The molecule has 1 rings (SSSR count). The van der Waals surface area contributed by atoms with E-state index in [4.69, 9.17) is 11.6 Å². The van der Waals surface area contributed by atoms with Gasteiger partial charge in [0.15, 0.2) is 0 Å². The van der Waals surface area contributed by atoms with Crippen molar-refractivity contribution in [2.24, 2.45) is 0 Å². The maximum atomic E-state index is 11.1. The van der Waals surface area contributed by atoms with E-state index in [1.807, 2.05) is 24.0 Å². The highest BCUT2D eigenvalue weighted by Gasteiger charge is 2.10. The molecule has 3 nitrogen and oxygen atoms in total. The van der Waals surface area contributed by atoms with Gasteiger partial charge in [-0.15, -0.1) is 11.3 Å². The Hall–Kier alpha value is -0.580. The van der Waals surface area contributed by atoms with Gasteiger partial charge in [-0.3, -0.25) is 9.69 Å². The number of ether oxygens (including phenoxy) is 1. The van der Waals surface area contributed by atoms with Crippen molar-refractivity contribution >= 4 is 28.9 Å². The highest BCUT2D eigenvalue weighted by atomic mass is 35.5. The fourth-order valence-corrected chi connectivity index (χ4v) is 2.31. The molecule has 5 heteroatoms. The van der Waals surface area contributed by atoms with Gasteiger partial charge in [0, 0.05) is 11.4 Å². The number of hydrogen-bond donors (Lipinski definition) is 0. The molecule has 0 amide bonds. The number of thiophene rings is 1. The molecule has 1 aromatic rings. The first-order valence-electron chi connectivity index (χ1n) is 4.69. The van der Waals surface area contributed by atoms with E-state index in [0.717, 1.165) is 22.3 Å². The van der Waals surface area contributed by atoms with Gasteiger partial charge in [0.1, 0.15) is 0 Å². The largest absolute Gasteiger partial charge is 0.468 e. The lowest BCUT2D eigenvalue weighted by atomic mass is 10.4. The molecular formula is C10H14ClNO2S. The summed E-state index contributed by atoms with van der Waals surface area (Å²) in [6.45, 7) is 3.88. The second-order valence-corrected chi connectivity index (χ2v) is 4.88. The summed E-state index contributed by atoms with van der Waals surface area (Å²) in [6, 6.07) is 3.85. The van der Waals surface area contributed by atoms with E-state index in [2.05, 4.69) is 4.74 Å². The monoisotopic (exact) mass is 247 g/mol. The second-order valence-electron chi connectivity index (χ2n) is 3.09. The van der Waals surface area contributed by atoms with Crippen LogP contribution in [0.5, 0.6) is 0 Å². The van der Waals surface area contributed by atoms with Crippen LogP contribution in [0.4, 0.5) is 0 Å². The smallest absolute Gasteiger partial charge is 0.319 e. The van der Waals surface area contributed by atoms with E-state index in [1.165, 1.54) is 18.4 Å². The third kappa shape index (κ3) is 4.20. The molecule has 0 spiro atoms. The Morgan fingerprint density at radius 1 is 1.60 bits per heavy atom. The van der Waals surface area contributed by atoms with Gasteiger partial charge in [0.25, 0.3) is 0 Å². The van der Waals surface area contributed by atoms with Crippen LogP contribution in [0, 0.1) is 0 Å². The summed E-state index contributed by atoms with van der Waals surface area (Å²) in [7, 11) is 1.40. The molecule has 0 unspecified atom stereocenters. The van der Waals surface area contributed by atoms with Crippen molar-refractivity contribution in [3.05, 3.63) is 21.3 Å². The molecule has 0 aliphatic carbocycles. The summed E-state index contributed by atoms with van der Waals surface area (Å²) in [4.78, 5) is 14.3. The van der Waals surface area contributed by atoms with Crippen molar-refractivity contribution in [3.63, 3.8) is 0 Å². The Morgan fingerprint density at radius 2 is 2.33 bits per heavy atom. The number of hydrogen-bond acceptors (Lipinski definition) is 4. The summed E-state index contributed by atoms with van der Waals surface area (Å²) in [5, 5.41) is 0. The normalized spacial score (nSPS) is 10.7. The van der Waals surface area contributed by atoms with Gasteiger partial charge in [0.2, 0.25) is 0 Å². The van der Waals surface area contributed by atoms with Crippen molar-refractivity contribution in [2.45, 2.75) is 13.5 Å². The summed E-state index contributed by atoms with van der Waals surface area (Å²) in [5.74, 6) is -0.209. The molecule has 15 heavy (non-hydrogen) atoms. The summed E-state index contributed by atoms with van der Waals surface area (Å²) in [6.07, 6.45) is 0. The average molecular weight is 248 g/mol. The quantitative estimate of drug-likeness (QED) is 0.749. The lowest BCUT2D eigenvalue weighted by Crippen LogP contribution is -2.29. The van der Waals surface area contributed by atoms with Gasteiger partial charge in [-0.05, 0) is 18.7 Å². The van der Waals surface area contributed by atoms with E-state index >= 15 is 0 Å². The van der Waals surface area contributed by atoms with E-state index in [0.29, 0.717) is 6.54 Å². The zero-order valence-corrected chi connectivity index (χ0v) is 10.4. The number of carbonyl (C=O) groups is 1. The maximum absolute atomic E-state index is 11.1. The molecule has 0 saturated carbocycles. The fraction of sp³-hybridized carbons (Fsp3) is 0.500. The minimum atomic E-state index is -0.209. The van der Waals surface area contributed by atoms with Crippen LogP contribution < -0.4 is 0 Å². The average Bonchev–Trinajstić information content (AvgIpc) is 2.62. The van der Waals surface area contributed by atoms with E-state index in [1.54, 1.807) is 0 Å². The molecule has 84 valence electrons. The van der Waals surface area contributed by atoms with Gasteiger partial charge < -0.3 is 4.74 Å². The van der Waals surface area contributed by atoms with Gasteiger partial charge >= 0.3 is 5.97 Å². The number of rotatable bonds is 5. The summed E-state index contributed by atoms with van der Waals surface area (Å²) < 4.78 is 5.40. The predicted molar refractivity (Wildman–Crippen MR) is 62.3 cm³/mol. The molecule has 0 bridgehead atoms. The third-order valence-electron chi connectivity index (χ3n) is 2.04. The number of nitrogens with zero attached hydrogens (tertiary/aromatic N) is 1. The summed E-state index contributed by atoms with van der Waals surface area (Å²) >= 11 is 7.37. The highest BCUT2D eigenvalue weighted by Crippen LogP contribution is 2.22. The van der Waals surface area contributed by atoms with Crippen LogP contribution in [0.25, 0.3) is 0 Å². The SMILES string of the molecule is CCN(CC(=O)OC)Cc1ccc(Cl)s1. The van der Waals surface area contributed by atoms with Crippen molar-refractivity contribution in [2.75, 3.05) is 20.2 Å². The molecule has 0 aromatic carbocycles. The molecule has 0 fully saturated rings. The van der Waals surface area contributed by atoms with Gasteiger partial charge in [-0.25, -0.2) is 0 Å². The van der Waals surface area contributed by atoms with Crippen molar-refractivity contribution in [1.82, 2.24) is 4.90 Å². The fourth-order valence-electron chi connectivity index (χ4n) is 1.18. The van der Waals surface area contributed by atoms with E-state index < -0.39 is 0 Å². The predicted octanol–water partition coefficient (Wildman–Crippen LogP) is 2.40. The van der Waals surface area contributed by atoms with Crippen molar-refractivity contribution in [3.8, 4) is 0 Å². The van der Waals surface area contributed by atoms with Gasteiger partial charge in [-0.2, -0.15) is 0 Å². The van der Waals surface area contributed by atoms with E-state index in [-0.39, 0.29) is 5.97 Å². The molecule has 1 heterocycles. The van der Waals surface area contributed by atoms with Crippen LogP contribution in [-0.4, -0.2) is 31.1 Å². The number of halogens is 1. The zero-order valence-electron chi connectivity index (χ0n) is 8.83. The molecule has 0 aliphatic rings. The molecule has 0 atom stereocenters. The second kappa shape index (κ2) is 6.10. The Balaban J connectivity index is 2.50. The first-order chi connectivity index (χ1) is 7.15. The van der Waals surface area contributed by atoms with E-state index in [9.17, 15) is 4.79 Å². The van der Waals surface area contributed by atoms with Crippen molar-refractivity contribution in [1.29, 1.82) is 0 Å². The van der Waals surface area contributed by atoms with Crippen LogP contribution in [0.1, 0.15) is 11.8 Å². The first-order valence-corrected chi connectivity index (χ1v) is 5.88. The Labute approximate surface area is 98.6 Å². The molecular weight excluding hydrogens is 234 g/mol. The van der Waals surface area contributed by atoms with Crippen LogP contribution >= 0.6 is 22.9 Å². The lowest BCUT2D eigenvalue weighted by molar-refractivity contribution is -0.142. The molecule has 1 aromatic heterocycles. The molecule has 0 aliphatic heterocycles. The minimum Gasteiger partial charge on any atom is -0.468 e. The maximum Gasteiger partial charge on any atom is 0.319 e. The lowest BCUT2D eigenvalue weighted by Gasteiger charge is -2.17. The van der Waals surface area contributed by atoms with Gasteiger partial charge in [0.05, 0.1) is 18.0 Å². The zero-order chi connectivity index (χ0) is 11.3. The number of methoxy groups -OCH3 is 1. The Bertz CT molecular complexity index is 327. The molecule has 0 radical (unpaired) electrons. The number of esters is 1. The van der Waals surface area contributed by atoms with Crippen molar-refractivity contribution < 1.29 is 9.53 Å². The standard InChI is InChI=1S/C10H14ClNO2S/c1-3-12(7-10(13)14-2)6-8-4-5-9(11)15-8/h4-5H,3,6-7H2,1-2H3. The topological polar surface area (TPSA) is 29.5 Å². The Kier molecular flexibility index (Phi) is 5.08. The van der Waals surface area contributed by atoms with Gasteiger partial charge in [-0.1, -0.05) is 18.5 Å². The molecule has 0 saturated heterocycles. The first kappa shape index (κ1) is 12.5. The highest BCUT2D eigenvalue weighted by molar-refractivity contribution is 7.16. The number of likely N-dealkylation sites (N-methyl/N-ethyl adjacent to an activating group) is 1. The van der Waals surface area contributed by atoms with Crippen LogP contribution in [-0.2, 0) is 16.1 Å². The third-order valence-corrected chi connectivity index (χ3v) is 3.25. The summed E-state index contributed by atoms with van der Waals surface area (Å²) in [5.41, 5.74) is 0. The number of carbonyl (C=O) groups excluding carboxylic acids is 1. The van der Waals surface area contributed by atoms with Crippen LogP contribution in [0.15, 0.2) is 12.1 Å². The van der Waals surface area contributed by atoms with Crippen LogP contribution in [0.2, 0.25) is 4.34 Å². The molecule has 0 N–H and O–H groups in total. The Morgan fingerprint density at radius 3 is 2.80 bits per heavy atom. The minimum absolute atomic E-state index is 0.209. The van der Waals surface area contributed by atoms with Crippen LogP contribution in [0.3, 0.4) is 0 Å².